The second-order valence-electron chi connectivity index (χ2n) is 4.43. The molecule has 1 rings (SSSR count). The SMILES string of the molecule is CCCCCCCCC(=O)NCc1ccoc1. The standard InChI is InChI=1S/C14H23NO2/c1-2-3-4-5-6-7-8-14(16)15-11-13-9-10-17-12-13/h9-10,12H,2-8,11H2,1H3,(H,15,16). The summed E-state index contributed by atoms with van der Waals surface area (Å²) in [6.07, 6.45) is 11.2. The van der Waals surface area contributed by atoms with Crippen molar-refractivity contribution in [2.75, 3.05) is 0 Å². The molecular formula is C14H23NO2. The van der Waals surface area contributed by atoms with E-state index in [1.807, 2.05) is 6.07 Å². The summed E-state index contributed by atoms with van der Waals surface area (Å²) in [5.74, 6) is 0.140. The number of rotatable bonds is 9. The molecule has 0 saturated carbocycles. The van der Waals surface area contributed by atoms with Gasteiger partial charge in [0, 0.05) is 18.5 Å². The molecule has 3 nitrogen and oxygen atoms in total. The van der Waals surface area contributed by atoms with Gasteiger partial charge in [0.2, 0.25) is 5.91 Å². The zero-order valence-electron chi connectivity index (χ0n) is 10.7. The van der Waals surface area contributed by atoms with E-state index in [-0.39, 0.29) is 5.91 Å². The van der Waals surface area contributed by atoms with Gasteiger partial charge in [-0.15, -0.1) is 0 Å². The number of hydrogen-bond acceptors (Lipinski definition) is 2. The number of furan rings is 1. The van der Waals surface area contributed by atoms with Crippen molar-refractivity contribution >= 4 is 5.91 Å². The molecule has 1 amide bonds. The van der Waals surface area contributed by atoms with E-state index < -0.39 is 0 Å². The van der Waals surface area contributed by atoms with Crippen LogP contribution in [0.5, 0.6) is 0 Å². The normalized spacial score (nSPS) is 10.4. The molecular weight excluding hydrogens is 214 g/mol. The van der Waals surface area contributed by atoms with Gasteiger partial charge in [-0.25, -0.2) is 0 Å². The van der Waals surface area contributed by atoms with Gasteiger partial charge in [0.25, 0.3) is 0 Å². The minimum atomic E-state index is 0.140. The van der Waals surface area contributed by atoms with Crippen molar-refractivity contribution in [2.45, 2.75) is 58.4 Å². The average Bonchev–Trinajstić information content (AvgIpc) is 2.84. The van der Waals surface area contributed by atoms with Crippen LogP contribution in [0.4, 0.5) is 0 Å². The predicted octanol–water partition coefficient (Wildman–Crippen LogP) is 3.65. The first-order valence-corrected chi connectivity index (χ1v) is 6.60. The Morgan fingerprint density at radius 2 is 2.00 bits per heavy atom. The molecule has 0 bridgehead atoms. The fraction of sp³-hybridized carbons (Fsp3) is 0.643. The van der Waals surface area contributed by atoms with Crippen molar-refractivity contribution in [3.8, 4) is 0 Å². The van der Waals surface area contributed by atoms with Crippen LogP contribution in [0.1, 0.15) is 57.4 Å². The lowest BCUT2D eigenvalue weighted by Crippen LogP contribution is -2.21. The Morgan fingerprint density at radius 1 is 1.24 bits per heavy atom. The summed E-state index contributed by atoms with van der Waals surface area (Å²) >= 11 is 0. The Kier molecular flexibility index (Phi) is 7.19. The third-order valence-electron chi connectivity index (χ3n) is 2.83. The molecule has 0 fully saturated rings. The molecule has 0 aliphatic rings. The van der Waals surface area contributed by atoms with Crippen molar-refractivity contribution in [1.82, 2.24) is 5.32 Å². The second kappa shape index (κ2) is 8.85. The van der Waals surface area contributed by atoms with Crippen LogP contribution in [0, 0.1) is 0 Å². The Labute approximate surface area is 104 Å². The molecule has 1 aromatic heterocycles. The smallest absolute Gasteiger partial charge is 0.220 e. The van der Waals surface area contributed by atoms with Crippen LogP contribution in [0.25, 0.3) is 0 Å². The number of amides is 1. The van der Waals surface area contributed by atoms with E-state index in [2.05, 4.69) is 12.2 Å². The summed E-state index contributed by atoms with van der Waals surface area (Å²) in [5.41, 5.74) is 1.02. The predicted molar refractivity (Wildman–Crippen MR) is 68.5 cm³/mol. The molecule has 0 aliphatic carbocycles. The van der Waals surface area contributed by atoms with Crippen molar-refractivity contribution in [1.29, 1.82) is 0 Å². The summed E-state index contributed by atoms with van der Waals surface area (Å²) < 4.78 is 4.93. The number of unbranched alkanes of at least 4 members (excludes halogenated alkanes) is 5. The van der Waals surface area contributed by atoms with Crippen LogP contribution in [0.3, 0.4) is 0 Å². The zero-order valence-corrected chi connectivity index (χ0v) is 10.7. The molecule has 1 heterocycles. The van der Waals surface area contributed by atoms with Crippen LogP contribution >= 0.6 is 0 Å². The van der Waals surface area contributed by atoms with E-state index in [1.54, 1.807) is 12.5 Å². The monoisotopic (exact) mass is 237 g/mol. The van der Waals surface area contributed by atoms with Gasteiger partial charge in [0.1, 0.15) is 0 Å². The molecule has 1 aromatic rings. The molecule has 0 spiro atoms. The zero-order chi connectivity index (χ0) is 12.3. The Bertz CT molecular complexity index is 293. The molecule has 1 N–H and O–H groups in total. The highest BCUT2D eigenvalue weighted by atomic mass is 16.3. The molecule has 0 atom stereocenters. The lowest BCUT2D eigenvalue weighted by Gasteiger charge is -2.03. The van der Waals surface area contributed by atoms with Crippen molar-refractivity contribution in [3.05, 3.63) is 24.2 Å². The van der Waals surface area contributed by atoms with Gasteiger partial charge in [0.15, 0.2) is 0 Å². The van der Waals surface area contributed by atoms with Gasteiger partial charge in [-0.2, -0.15) is 0 Å². The van der Waals surface area contributed by atoms with Crippen LogP contribution in [-0.2, 0) is 11.3 Å². The lowest BCUT2D eigenvalue weighted by atomic mass is 10.1. The van der Waals surface area contributed by atoms with Gasteiger partial charge < -0.3 is 9.73 Å². The van der Waals surface area contributed by atoms with Gasteiger partial charge in [-0.3, -0.25) is 4.79 Å². The highest BCUT2D eigenvalue weighted by Crippen LogP contribution is 2.07. The lowest BCUT2D eigenvalue weighted by molar-refractivity contribution is -0.121. The largest absolute Gasteiger partial charge is 0.472 e. The minimum absolute atomic E-state index is 0.140. The third-order valence-corrected chi connectivity index (χ3v) is 2.83. The molecule has 0 unspecified atom stereocenters. The highest BCUT2D eigenvalue weighted by molar-refractivity contribution is 5.75. The van der Waals surface area contributed by atoms with Crippen molar-refractivity contribution in [3.63, 3.8) is 0 Å². The fourth-order valence-electron chi connectivity index (χ4n) is 1.75. The number of carbonyl (C=O) groups is 1. The maximum atomic E-state index is 11.5. The van der Waals surface area contributed by atoms with E-state index >= 15 is 0 Å². The van der Waals surface area contributed by atoms with Gasteiger partial charge in [-0.05, 0) is 12.5 Å². The van der Waals surface area contributed by atoms with Crippen LogP contribution < -0.4 is 5.32 Å². The van der Waals surface area contributed by atoms with E-state index in [0.717, 1.165) is 12.0 Å². The van der Waals surface area contributed by atoms with Crippen molar-refractivity contribution < 1.29 is 9.21 Å². The fourth-order valence-corrected chi connectivity index (χ4v) is 1.75. The van der Waals surface area contributed by atoms with Crippen LogP contribution in [0.2, 0.25) is 0 Å². The number of hydrogen-bond donors (Lipinski definition) is 1. The molecule has 17 heavy (non-hydrogen) atoms. The summed E-state index contributed by atoms with van der Waals surface area (Å²) in [6.45, 7) is 2.79. The Hall–Kier alpha value is -1.25. The molecule has 0 saturated heterocycles. The second-order valence-corrected chi connectivity index (χ2v) is 4.43. The molecule has 3 heteroatoms. The van der Waals surface area contributed by atoms with E-state index in [9.17, 15) is 4.79 Å². The van der Waals surface area contributed by atoms with Gasteiger partial charge in [-0.1, -0.05) is 39.0 Å². The van der Waals surface area contributed by atoms with E-state index in [4.69, 9.17) is 4.42 Å². The summed E-state index contributed by atoms with van der Waals surface area (Å²) in [7, 11) is 0. The minimum Gasteiger partial charge on any atom is -0.472 e. The summed E-state index contributed by atoms with van der Waals surface area (Å²) in [6, 6.07) is 1.87. The third kappa shape index (κ3) is 6.82. The maximum absolute atomic E-state index is 11.5. The first-order chi connectivity index (χ1) is 8.33. The molecule has 0 aromatic carbocycles. The first-order valence-electron chi connectivity index (χ1n) is 6.60. The Balaban J connectivity index is 1.94. The molecule has 0 radical (unpaired) electrons. The maximum Gasteiger partial charge on any atom is 0.220 e. The Morgan fingerprint density at radius 3 is 2.71 bits per heavy atom. The van der Waals surface area contributed by atoms with E-state index in [0.29, 0.717) is 13.0 Å². The summed E-state index contributed by atoms with van der Waals surface area (Å²) in [4.78, 5) is 11.5. The van der Waals surface area contributed by atoms with Crippen LogP contribution in [-0.4, -0.2) is 5.91 Å². The highest BCUT2D eigenvalue weighted by Gasteiger charge is 2.01. The van der Waals surface area contributed by atoms with E-state index in [1.165, 1.54) is 32.1 Å². The number of carbonyl (C=O) groups excluding carboxylic acids is 1. The quantitative estimate of drug-likeness (QED) is 0.666. The molecule has 96 valence electrons. The van der Waals surface area contributed by atoms with Gasteiger partial charge in [0.05, 0.1) is 12.5 Å². The van der Waals surface area contributed by atoms with Gasteiger partial charge >= 0.3 is 0 Å². The molecule has 0 aliphatic heterocycles. The van der Waals surface area contributed by atoms with Crippen LogP contribution in [0.15, 0.2) is 23.0 Å². The number of nitrogens with one attached hydrogen (secondary N) is 1. The average molecular weight is 237 g/mol. The topological polar surface area (TPSA) is 42.2 Å². The van der Waals surface area contributed by atoms with Crippen molar-refractivity contribution in [2.24, 2.45) is 0 Å². The summed E-state index contributed by atoms with van der Waals surface area (Å²) in [5, 5.41) is 2.89. The first kappa shape index (κ1) is 13.8.